The second kappa shape index (κ2) is 4.94. The highest BCUT2D eigenvalue weighted by atomic mass is 19.1. The van der Waals surface area contributed by atoms with Gasteiger partial charge in [0.25, 0.3) is 0 Å². The molecule has 1 aliphatic rings. The van der Waals surface area contributed by atoms with E-state index in [1.165, 1.54) is 6.42 Å². The van der Waals surface area contributed by atoms with Crippen molar-refractivity contribution in [1.82, 2.24) is 5.32 Å². The van der Waals surface area contributed by atoms with Crippen molar-refractivity contribution in [3.63, 3.8) is 0 Å². The van der Waals surface area contributed by atoms with Gasteiger partial charge in [-0.15, -0.1) is 0 Å². The highest BCUT2D eigenvalue weighted by Gasteiger charge is 2.30. The number of alkyl halides is 1. The molecule has 1 fully saturated rings. The first kappa shape index (κ1) is 11.0. The normalized spacial score (nSPS) is 22.2. The van der Waals surface area contributed by atoms with Gasteiger partial charge < -0.3 is 5.32 Å². The van der Waals surface area contributed by atoms with Crippen LogP contribution in [0.25, 0.3) is 0 Å². The minimum Gasteiger partial charge on any atom is -0.316 e. The first-order chi connectivity index (χ1) is 6.12. The minimum absolute atomic E-state index is 0.713. The molecule has 2 heteroatoms. The van der Waals surface area contributed by atoms with Crippen molar-refractivity contribution < 1.29 is 4.39 Å². The lowest BCUT2D eigenvalue weighted by Gasteiger charge is -2.30. The van der Waals surface area contributed by atoms with Crippen LogP contribution in [0.1, 0.15) is 46.0 Å². The third kappa shape index (κ3) is 4.08. The molecule has 0 amide bonds. The van der Waals surface area contributed by atoms with Crippen LogP contribution in [0, 0.1) is 5.92 Å². The predicted molar refractivity (Wildman–Crippen MR) is 54.6 cm³/mol. The van der Waals surface area contributed by atoms with E-state index in [1.807, 2.05) is 0 Å². The Hall–Kier alpha value is -0.110. The minimum atomic E-state index is -0.847. The largest absolute Gasteiger partial charge is 0.316 e. The topological polar surface area (TPSA) is 12.0 Å². The Balaban J connectivity index is 2.17. The lowest BCUT2D eigenvalue weighted by atomic mass is 9.88. The fraction of sp³-hybridized carbons (Fsp3) is 1.00. The monoisotopic (exact) mass is 187 g/mol. The van der Waals surface area contributed by atoms with Gasteiger partial charge in [0.1, 0.15) is 5.67 Å². The zero-order chi connectivity index (χ0) is 9.73. The van der Waals surface area contributed by atoms with Crippen LogP contribution in [0.3, 0.4) is 0 Å². The van der Waals surface area contributed by atoms with Crippen LogP contribution >= 0.6 is 0 Å². The van der Waals surface area contributed by atoms with Crippen molar-refractivity contribution in [2.24, 2.45) is 5.92 Å². The molecule has 1 N–H and O–H groups in total. The Morgan fingerprint density at radius 2 is 1.92 bits per heavy atom. The van der Waals surface area contributed by atoms with Gasteiger partial charge in [0.15, 0.2) is 0 Å². The van der Waals surface area contributed by atoms with E-state index < -0.39 is 5.67 Å². The summed E-state index contributed by atoms with van der Waals surface area (Å²) in [5.74, 6) is 0.713. The van der Waals surface area contributed by atoms with Crippen LogP contribution in [0.15, 0.2) is 0 Å². The SMILES string of the molecule is CC(C)CCCC1(F)CCNCC1. The molecule has 1 heterocycles. The third-order valence-corrected chi connectivity index (χ3v) is 2.91. The fourth-order valence-electron chi connectivity index (χ4n) is 1.95. The van der Waals surface area contributed by atoms with Crippen molar-refractivity contribution in [3.05, 3.63) is 0 Å². The van der Waals surface area contributed by atoms with Crippen molar-refractivity contribution >= 4 is 0 Å². The molecule has 0 atom stereocenters. The van der Waals surface area contributed by atoms with Crippen molar-refractivity contribution in [2.45, 2.75) is 51.6 Å². The molecule has 0 aromatic carbocycles. The fourth-order valence-corrected chi connectivity index (χ4v) is 1.95. The summed E-state index contributed by atoms with van der Waals surface area (Å²) >= 11 is 0. The Bertz CT molecular complexity index is 139. The summed E-state index contributed by atoms with van der Waals surface area (Å²) in [5.41, 5.74) is -0.847. The molecule has 1 saturated heterocycles. The predicted octanol–water partition coefficient (Wildman–Crippen LogP) is 2.90. The van der Waals surface area contributed by atoms with E-state index in [9.17, 15) is 4.39 Å². The van der Waals surface area contributed by atoms with Gasteiger partial charge in [-0.25, -0.2) is 4.39 Å². The average molecular weight is 187 g/mol. The highest BCUT2D eigenvalue weighted by Crippen LogP contribution is 2.29. The van der Waals surface area contributed by atoms with Gasteiger partial charge in [-0.3, -0.25) is 0 Å². The van der Waals surface area contributed by atoms with E-state index in [0.29, 0.717) is 18.8 Å². The van der Waals surface area contributed by atoms with Crippen molar-refractivity contribution in [1.29, 1.82) is 0 Å². The Morgan fingerprint density at radius 3 is 2.46 bits per heavy atom. The second-order valence-corrected chi connectivity index (χ2v) is 4.69. The van der Waals surface area contributed by atoms with E-state index >= 15 is 0 Å². The molecule has 0 aromatic rings. The number of hydrogen-bond donors (Lipinski definition) is 1. The lowest BCUT2D eigenvalue weighted by molar-refractivity contribution is 0.100. The molecule has 0 aliphatic carbocycles. The maximum Gasteiger partial charge on any atom is 0.113 e. The first-order valence-corrected chi connectivity index (χ1v) is 5.52. The Labute approximate surface area is 81.1 Å². The van der Waals surface area contributed by atoms with Gasteiger partial charge in [-0.05, 0) is 38.3 Å². The summed E-state index contributed by atoms with van der Waals surface area (Å²) in [5, 5.41) is 3.20. The number of piperidine rings is 1. The Kier molecular flexibility index (Phi) is 4.17. The van der Waals surface area contributed by atoms with Crippen LogP contribution in [-0.4, -0.2) is 18.8 Å². The third-order valence-electron chi connectivity index (χ3n) is 2.91. The maximum atomic E-state index is 14.0. The molecule has 1 aliphatic heterocycles. The number of nitrogens with one attached hydrogen (secondary N) is 1. The molecule has 0 radical (unpaired) electrons. The van der Waals surface area contributed by atoms with E-state index in [1.54, 1.807) is 0 Å². The smallest absolute Gasteiger partial charge is 0.113 e. The van der Waals surface area contributed by atoms with Crippen molar-refractivity contribution in [2.75, 3.05) is 13.1 Å². The number of halogens is 1. The molecule has 1 rings (SSSR count). The van der Waals surface area contributed by atoms with Crippen molar-refractivity contribution in [3.8, 4) is 0 Å². The molecule has 13 heavy (non-hydrogen) atoms. The molecular weight excluding hydrogens is 165 g/mol. The molecule has 78 valence electrons. The molecular formula is C11H22FN. The van der Waals surface area contributed by atoms with E-state index in [4.69, 9.17) is 0 Å². The van der Waals surface area contributed by atoms with Gasteiger partial charge in [-0.2, -0.15) is 0 Å². The summed E-state index contributed by atoms with van der Waals surface area (Å²) in [6.45, 7) is 6.12. The zero-order valence-electron chi connectivity index (χ0n) is 8.91. The molecule has 0 saturated carbocycles. The first-order valence-electron chi connectivity index (χ1n) is 5.52. The van der Waals surface area contributed by atoms with Gasteiger partial charge in [-0.1, -0.05) is 26.7 Å². The van der Waals surface area contributed by atoms with Gasteiger partial charge in [0, 0.05) is 0 Å². The van der Waals surface area contributed by atoms with Crippen LogP contribution in [-0.2, 0) is 0 Å². The zero-order valence-corrected chi connectivity index (χ0v) is 8.91. The summed E-state index contributed by atoms with van der Waals surface area (Å²) < 4.78 is 14.0. The van der Waals surface area contributed by atoms with Gasteiger partial charge in [0.2, 0.25) is 0 Å². The number of rotatable bonds is 4. The van der Waals surface area contributed by atoms with Gasteiger partial charge >= 0.3 is 0 Å². The standard InChI is InChI=1S/C11H22FN/c1-10(2)4-3-5-11(12)6-8-13-9-7-11/h10,13H,3-9H2,1-2H3. The molecule has 0 aromatic heterocycles. The van der Waals surface area contributed by atoms with E-state index in [2.05, 4.69) is 19.2 Å². The van der Waals surface area contributed by atoms with E-state index in [0.717, 1.165) is 25.9 Å². The van der Waals surface area contributed by atoms with Crippen LogP contribution < -0.4 is 5.32 Å². The maximum absolute atomic E-state index is 14.0. The summed E-state index contributed by atoms with van der Waals surface area (Å²) in [6, 6.07) is 0. The summed E-state index contributed by atoms with van der Waals surface area (Å²) in [6.07, 6.45) is 4.41. The summed E-state index contributed by atoms with van der Waals surface area (Å²) in [7, 11) is 0. The molecule has 0 spiro atoms. The van der Waals surface area contributed by atoms with Crippen LogP contribution in [0.4, 0.5) is 4.39 Å². The quantitative estimate of drug-likeness (QED) is 0.713. The second-order valence-electron chi connectivity index (χ2n) is 4.69. The summed E-state index contributed by atoms with van der Waals surface area (Å²) in [4.78, 5) is 0. The molecule has 1 nitrogen and oxygen atoms in total. The Morgan fingerprint density at radius 1 is 1.31 bits per heavy atom. The molecule has 0 bridgehead atoms. The lowest BCUT2D eigenvalue weighted by Crippen LogP contribution is -2.38. The van der Waals surface area contributed by atoms with Gasteiger partial charge in [0.05, 0.1) is 0 Å². The highest BCUT2D eigenvalue weighted by molar-refractivity contribution is 4.84. The number of hydrogen-bond acceptors (Lipinski definition) is 1. The van der Waals surface area contributed by atoms with E-state index in [-0.39, 0.29) is 0 Å². The molecule has 0 unspecified atom stereocenters. The van der Waals surface area contributed by atoms with Crippen LogP contribution in [0.5, 0.6) is 0 Å². The average Bonchev–Trinajstić information content (AvgIpc) is 2.04. The van der Waals surface area contributed by atoms with Crippen LogP contribution in [0.2, 0.25) is 0 Å².